The predicted molar refractivity (Wildman–Crippen MR) is 90.0 cm³/mol. The summed E-state index contributed by atoms with van der Waals surface area (Å²) in [5, 5.41) is 9.04. The van der Waals surface area contributed by atoms with Crippen molar-refractivity contribution >= 4 is 5.78 Å². The molecular weight excluding hydrogens is 286 g/mol. The Hall–Kier alpha value is -2.44. The number of nitrogens with zero attached hydrogens (tertiary/aromatic N) is 1. The zero-order valence-corrected chi connectivity index (χ0v) is 13.4. The molecule has 0 N–H and O–H groups in total. The first-order valence-electron chi connectivity index (χ1n) is 7.91. The van der Waals surface area contributed by atoms with Crippen LogP contribution >= 0.6 is 0 Å². The number of ether oxygens (including phenoxy) is 1. The van der Waals surface area contributed by atoms with Crippen molar-refractivity contribution in [2.45, 2.75) is 31.8 Å². The van der Waals surface area contributed by atoms with Crippen molar-refractivity contribution in [3.05, 3.63) is 71.8 Å². The maximum atomic E-state index is 13.2. The number of rotatable bonds is 8. The molecule has 0 saturated heterocycles. The third-order valence-corrected chi connectivity index (χ3v) is 3.78. The van der Waals surface area contributed by atoms with Gasteiger partial charge < -0.3 is 4.74 Å². The van der Waals surface area contributed by atoms with Gasteiger partial charge in [-0.2, -0.15) is 5.26 Å². The number of benzene rings is 2. The summed E-state index contributed by atoms with van der Waals surface area (Å²) in [6.07, 6.45) is 1.42. The summed E-state index contributed by atoms with van der Waals surface area (Å²) < 4.78 is 6.08. The van der Waals surface area contributed by atoms with Crippen molar-refractivity contribution in [2.75, 3.05) is 6.61 Å². The van der Waals surface area contributed by atoms with Gasteiger partial charge in [-0.15, -0.1) is 0 Å². The Labute approximate surface area is 137 Å². The lowest BCUT2D eigenvalue weighted by atomic mass is 9.82. The topological polar surface area (TPSA) is 50.1 Å². The number of hydrogen-bond donors (Lipinski definition) is 0. The summed E-state index contributed by atoms with van der Waals surface area (Å²) in [7, 11) is 0. The van der Waals surface area contributed by atoms with E-state index in [4.69, 9.17) is 10.00 Å². The van der Waals surface area contributed by atoms with Gasteiger partial charge in [0.2, 0.25) is 0 Å². The predicted octanol–water partition coefficient (Wildman–Crippen LogP) is 4.50. The van der Waals surface area contributed by atoms with Gasteiger partial charge in [-0.1, -0.05) is 67.6 Å². The van der Waals surface area contributed by atoms with E-state index >= 15 is 0 Å². The van der Waals surface area contributed by atoms with Crippen LogP contribution in [-0.2, 0) is 10.3 Å². The molecule has 0 aromatic heterocycles. The molecule has 0 aliphatic heterocycles. The summed E-state index contributed by atoms with van der Waals surface area (Å²) in [6, 6.07) is 20.8. The van der Waals surface area contributed by atoms with Gasteiger partial charge >= 0.3 is 0 Å². The van der Waals surface area contributed by atoms with E-state index in [0.29, 0.717) is 18.6 Å². The van der Waals surface area contributed by atoms with Gasteiger partial charge in [0, 0.05) is 25.0 Å². The highest BCUT2D eigenvalue weighted by Crippen LogP contribution is 2.35. The quantitative estimate of drug-likeness (QED) is 0.675. The molecule has 2 rings (SSSR count). The van der Waals surface area contributed by atoms with Crippen molar-refractivity contribution in [3.63, 3.8) is 0 Å². The molecule has 0 radical (unpaired) electrons. The average Bonchev–Trinajstić information content (AvgIpc) is 2.63. The lowest BCUT2D eigenvalue weighted by molar-refractivity contribution is -0.0338. The SMILES string of the molecule is CCCOC(CCC#N)(C(=O)c1ccccc1)c1ccccc1. The van der Waals surface area contributed by atoms with Crippen molar-refractivity contribution in [2.24, 2.45) is 0 Å². The molecule has 3 nitrogen and oxygen atoms in total. The zero-order valence-electron chi connectivity index (χ0n) is 13.4. The number of carbonyl (C=O) groups is 1. The molecule has 1 atom stereocenters. The molecule has 0 saturated carbocycles. The number of nitriles is 1. The highest BCUT2D eigenvalue weighted by atomic mass is 16.5. The van der Waals surface area contributed by atoms with Gasteiger partial charge in [0.25, 0.3) is 0 Å². The van der Waals surface area contributed by atoms with Crippen LogP contribution < -0.4 is 0 Å². The molecule has 0 bridgehead atoms. The van der Waals surface area contributed by atoms with Gasteiger partial charge in [-0.3, -0.25) is 4.79 Å². The highest BCUT2D eigenvalue weighted by molar-refractivity contribution is 6.03. The van der Waals surface area contributed by atoms with E-state index in [2.05, 4.69) is 6.07 Å². The first-order chi connectivity index (χ1) is 11.2. The normalized spacial score (nSPS) is 13.0. The van der Waals surface area contributed by atoms with E-state index in [1.54, 1.807) is 12.1 Å². The molecule has 1 unspecified atom stereocenters. The van der Waals surface area contributed by atoms with Crippen molar-refractivity contribution in [3.8, 4) is 6.07 Å². The number of hydrogen-bond acceptors (Lipinski definition) is 3. The number of Topliss-reactive ketones (excluding diaryl/α,β-unsaturated/α-hetero) is 1. The smallest absolute Gasteiger partial charge is 0.199 e. The fourth-order valence-corrected chi connectivity index (χ4v) is 2.65. The molecule has 3 heteroatoms. The maximum absolute atomic E-state index is 13.2. The van der Waals surface area contributed by atoms with Gasteiger partial charge in [-0.25, -0.2) is 0 Å². The van der Waals surface area contributed by atoms with Crippen LogP contribution in [0.1, 0.15) is 42.1 Å². The first-order valence-corrected chi connectivity index (χ1v) is 7.91. The minimum Gasteiger partial charge on any atom is -0.362 e. The molecule has 0 amide bonds. The third-order valence-electron chi connectivity index (χ3n) is 3.78. The van der Waals surface area contributed by atoms with Gasteiger partial charge in [-0.05, 0) is 12.0 Å². The fourth-order valence-electron chi connectivity index (χ4n) is 2.65. The van der Waals surface area contributed by atoms with Crippen LogP contribution in [0.2, 0.25) is 0 Å². The van der Waals surface area contributed by atoms with Crippen molar-refractivity contribution < 1.29 is 9.53 Å². The van der Waals surface area contributed by atoms with Crippen LogP contribution in [0.3, 0.4) is 0 Å². The Kier molecular flexibility index (Phi) is 6.08. The van der Waals surface area contributed by atoms with Crippen LogP contribution in [0, 0.1) is 11.3 Å². The minimum atomic E-state index is -1.10. The van der Waals surface area contributed by atoms with E-state index in [0.717, 1.165) is 12.0 Å². The van der Waals surface area contributed by atoms with E-state index < -0.39 is 5.60 Å². The van der Waals surface area contributed by atoms with Gasteiger partial charge in [0.1, 0.15) is 0 Å². The van der Waals surface area contributed by atoms with Crippen LogP contribution in [-0.4, -0.2) is 12.4 Å². The monoisotopic (exact) mass is 307 g/mol. The Morgan fingerprint density at radius 2 is 1.70 bits per heavy atom. The summed E-state index contributed by atoms with van der Waals surface area (Å²) >= 11 is 0. The number of ketones is 1. The largest absolute Gasteiger partial charge is 0.362 e. The Morgan fingerprint density at radius 3 is 2.26 bits per heavy atom. The fraction of sp³-hybridized carbons (Fsp3) is 0.300. The molecular formula is C20H21NO2. The van der Waals surface area contributed by atoms with Crippen LogP contribution in [0.5, 0.6) is 0 Å². The lowest BCUT2D eigenvalue weighted by Crippen LogP contribution is -2.39. The molecule has 0 heterocycles. The van der Waals surface area contributed by atoms with Crippen LogP contribution in [0.15, 0.2) is 60.7 Å². The standard InChI is InChI=1S/C20H21NO2/c1-2-16-23-20(14-9-15-21,18-12-7-4-8-13-18)19(22)17-10-5-3-6-11-17/h3-8,10-13H,2,9,14,16H2,1H3. The first kappa shape index (κ1) is 16.9. The Morgan fingerprint density at radius 1 is 1.09 bits per heavy atom. The molecule has 23 heavy (non-hydrogen) atoms. The van der Waals surface area contributed by atoms with Crippen molar-refractivity contribution in [1.82, 2.24) is 0 Å². The molecule has 0 aliphatic carbocycles. The zero-order chi connectivity index (χ0) is 16.5. The van der Waals surface area contributed by atoms with E-state index in [1.807, 2.05) is 55.5 Å². The molecule has 2 aromatic rings. The van der Waals surface area contributed by atoms with Gasteiger partial charge in [0.15, 0.2) is 11.4 Å². The van der Waals surface area contributed by atoms with E-state index in [-0.39, 0.29) is 12.2 Å². The maximum Gasteiger partial charge on any atom is 0.199 e. The molecule has 0 aliphatic rings. The molecule has 0 fully saturated rings. The second-order valence-electron chi connectivity index (χ2n) is 5.39. The second-order valence-corrected chi connectivity index (χ2v) is 5.39. The van der Waals surface area contributed by atoms with Crippen LogP contribution in [0.4, 0.5) is 0 Å². The molecule has 0 spiro atoms. The highest BCUT2D eigenvalue weighted by Gasteiger charge is 2.41. The number of carbonyl (C=O) groups excluding carboxylic acids is 1. The summed E-state index contributed by atoms with van der Waals surface area (Å²) in [6.45, 7) is 2.48. The Bertz CT molecular complexity index is 661. The average molecular weight is 307 g/mol. The van der Waals surface area contributed by atoms with Crippen LogP contribution in [0.25, 0.3) is 0 Å². The molecule has 2 aromatic carbocycles. The second kappa shape index (κ2) is 8.26. The molecule has 118 valence electrons. The minimum absolute atomic E-state index is 0.0898. The van der Waals surface area contributed by atoms with Gasteiger partial charge in [0.05, 0.1) is 6.07 Å². The van der Waals surface area contributed by atoms with E-state index in [9.17, 15) is 4.79 Å². The summed E-state index contributed by atoms with van der Waals surface area (Å²) in [4.78, 5) is 13.2. The lowest BCUT2D eigenvalue weighted by Gasteiger charge is -2.32. The summed E-state index contributed by atoms with van der Waals surface area (Å²) in [5.74, 6) is -0.0898. The van der Waals surface area contributed by atoms with E-state index in [1.165, 1.54) is 0 Å². The summed E-state index contributed by atoms with van der Waals surface area (Å²) in [5.41, 5.74) is 0.303. The van der Waals surface area contributed by atoms with Crippen molar-refractivity contribution in [1.29, 1.82) is 5.26 Å². The third kappa shape index (κ3) is 3.85. The Balaban J connectivity index is 2.51.